The molecule has 0 saturated heterocycles. The number of para-hydroxylation sites is 1. The van der Waals surface area contributed by atoms with Crippen LogP contribution in [0.25, 0.3) is 11.0 Å². The van der Waals surface area contributed by atoms with Crippen molar-refractivity contribution in [3.8, 4) is 0 Å². The molecule has 0 unspecified atom stereocenters. The fraction of sp³-hybridized carbons (Fsp3) is 0.417. The SMILES string of the molecule is COC1CC(Nc2nnc3ccccc3n2)C1. The van der Waals surface area contributed by atoms with E-state index in [2.05, 4.69) is 20.5 Å². The molecule has 2 aromatic rings. The Morgan fingerprint density at radius 1 is 1.18 bits per heavy atom. The molecule has 0 radical (unpaired) electrons. The summed E-state index contributed by atoms with van der Waals surface area (Å²) >= 11 is 0. The Bertz CT molecular complexity index is 525. The number of aromatic nitrogens is 3. The maximum absolute atomic E-state index is 5.23. The summed E-state index contributed by atoms with van der Waals surface area (Å²) in [5.41, 5.74) is 1.69. The van der Waals surface area contributed by atoms with Crippen LogP contribution in [0.1, 0.15) is 12.8 Å². The highest BCUT2D eigenvalue weighted by molar-refractivity contribution is 5.74. The van der Waals surface area contributed by atoms with Crippen molar-refractivity contribution in [3.05, 3.63) is 24.3 Å². The van der Waals surface area contributed by atoms with Gasteiger partial charge < -0.3 is 10.1 Å². The summed E-state index contributed by atoms with van der Waals surface area (Å²) in [4.78, 5) is 4.42. The molecule has 1 heterocycles. The van der Waals surface area contributed by atoms with E-state index in [1.54, 1.807) is 7.11 Å². The lowest BCUT2D eigenvalue weighted by atomic mass is 9.89. The van der Waals surface area contributed by atoms with Gasteiger partial charge in [0.2, 0.25) is 5.95 Å². The monoisotopic (exact) mass is 230 g/mol. The van der Waals surface area contributed by atoms with E-state index in [0.29, 0.717) is 18.1 Å². The molecule has 0 spiro atoms. The normalized spacial score (nSPS) is 23.4. The van der Waals surface area contributed by atoms with Gasteiger partial charge in [-0.15, -0.1) is 10.2 Å². The fourth-order valence-electron chi connectivity index (χ4n) is 2.00. The molecule has 1 aliphatic carbocycles. The molecule has 88 valence electrons. The summed E-state index contributed by atoms with van der Waals surface area (Å²) < 4.78 is 5.23. The standard InChI is InChI=1S/C12H14N4O/c1-17-9-6-8(7-9)13-12-14-10-4-2-3-5-11(10)15-16-12/h2-5,8-9H,6-7H2,1H3,(H,13,14,16). The molecule has 0 amide bonds. The number of fused-ring (bicyclic) bond motifs is 1. The maximum atomic E-state index is 5.23. The molecule has 1 aromatic heterocycles. The summed E-state index contributed by atoms with van der Waals surface area (Å²) in [7, 11) is 1.75. The lowest BCUT2D eigenvalue weighted by Crippen LogP contribution is -2.40. The number of hydrogen-bond acceptors (Lipinski definition) is 5. The van der Waals surface area contributed by atoms with Gasteiger partial charge in [-0.05, 0) is 25.0 Å². The van der Waals surface area contributed by atoms with Gasteiger partial charge in [0.1, 0.15) is 5.52 Å². The Labute approximate surface area is 99.2 Å². The second-order valence-corrected chi connectivity index (χ2v) is 4.29. The van der Waals surface area contributed by atoms with Crippen molar-refractivity contribution in [2.45, 2.75) is 25.0 Å². The van der Waals surface area contributed by atoms with Crippen molar-refractivity contribution in [1.82, 2.24) is 15.2 Å². The summed E-state index contributed by atoms with van der Waals surface area (Å²) in [5.74, 6) is 0.600. The van der Waals surface area contributed by atoms with E-state index >= 15 is 0 Å². The molecule has 1 fully saturated rings. The largest absolute Gasteiger partial charge is 0.381 e. The van der Waals surface area contributed by atoms with E-state index in [4.69, 9.17) is 4.74 Å². The van der Waals surface area contributed by atoms with Gasteiger partial charge >= 0.3 is 0 Å². The first-order chi connectivity index (χ1) is 8.35. The topological polar surface area (TPSA) is 59.9 Å². The Balaban J connectivity index is 1.73. The molecular formula is C12H14N4O. The van der Waals surface area contributed by atoms with Crippen LogP contribution in [0.15, 0.2) is 24.3 Å². The Kier molecular flexibility index (Phi) is 2.60. The molecule has 5 nitrogen and oxygen atoms in total. The number of hydrogen-bond donors (Lipinski definition) is 1. The quantitative estimate of drug-likeness (QED) is 0.868. The molecular weight excluding hydrogens is 216 g/mol. The average Bonchev–Trinajstić information content (AvgIpc) is 2.33. The zero-order valence-electron chi connectivity index (χ0n) is 9.63. The van der Waals surface area contributed by atoms with Gasteiger partial charge in [-0.3, -0.25) is 0 Å². The minimum absolute atomic E-state index is 0.376. The molecule has 3 rings (SSSR count). The van der Waals surface area contributed by atoms with Crippen molar-refractivity contribution in [2.24, 2.45) is 0 Å². The third-order valence-corrected chi connectivity index (χ3v) is 3.12. The van der Waals surface area contributed by atoms with Crippen LogP contribution in [-0.2, 0) is 4.74 Å². The molecule has 1 aromatic carbocycles. The van der Waals surface area contributed by atoms with E-state index in [-0.39, 0.29) is 0 Å². The van der Waals surface area contributed by atoms with Crippen LogP contribution in [0.4, 0.5) is 5.95 Å². The summed E-state index contributed by atoms with van der Waals surface area (Å²) in [6.45, 7) is 0. The Morgan fingerprint density at radius 3 is 2.71 bits per heavy atom. The van der Waals surface area contributed by atoms with Gasteiger partial charge in [0, 0.05) is 13.2 Å². The van der Waals surface area contributed by atoms with Crippen LogP contribution >= 0.6 is 0 Å². The summed E-state index contributed by atoms with van der Waals surface area (Å²) in [6.07, 6.45) is 2.39. The fourth-order valence-corrected chi connectivity index (χ4v) is 2.00. The van der Waals surface area contributed by atoms with Crippen LogP contribution < -0.4 is 5.32 Å². The van der Waals surface area contributed by atoms with Gasteiger partial charge in [0.05, 0.1) is 11.6 Å². The number of rotatable bonds is 3. The van der Waals surface area contributed by atoms with Crippen LogP contribution in [0.2, 0.25) is 0 Å². The van der Waals surface area contributed by atoms with E-state index in [0.717, 1.165) is 23.9 Å². The number of anilines is 1. The predicted octanol–water partition coefficient (Wildman–Crippen LogP) is 1.61. The van der Waals surface area contributed by atoms with Crippen LogP contribution in [0, 0.1) is 0 Å². The first kappa shape index (κ1) is 10.4. The molecule has 0 aliphatic heterocycles. The molecule has 1 saturated carbocycles. The number of ether oxygens (including phenoxy) is 1. The van der Waals surface area contributed by atoms with Crippen LogP contribution in [0.5, 0.6) is 0 Å². The second-order valence-electron chi connectivity index (χ2n) is 4.29. The predicted molar refractivity (Wildman–Crippen MR) is 64.8 cm³/mol. The minimum atomic E-state index is 0.376. The van der Waals surface area contributed by atoms with Crippen molar-refractivity contribution in [3.63, 3.8) is 0 Å². The second kappa shape index (κ2) is 4.25. The molecule has 1 aliphatic rings. The molecule has 0 atom stereocenters. The van der Waals surface area contributed by atoms with Crippen LogP contribution in [-0.4, -0.2) is 34.4 Å². The van der Waals surface area contributed by atoms with Gasteiger partial charge in [-0.1, -0.05) is 12.1 Å². The van der Waals surface area contributed by atoms with E-state index in [9.17, 15) is 0 Å². The van der Waals surface area contributed by atoms with E-state index < -0.39 is 0 Å². The number of methoxy groups -OCH3 is 1. The molecule has 5 heteroatoms. The Morgan fingerprint density at radius 2 is 1.94 bits per heavy atom. The molecule has 0 bridgehead atoms. The Hall–Kier alpha value is -1.75. The summed E-state index contributed by atoms with van der Waals surface area (Å²) in [6, 6.07) is 8.13. The zero-order valence-corrected chi connectivity index (χ0v) is 9.63. The highest BCUT2D eigenvalue weighted by Gasteiger charge is 2.29. The molecule has 1 N–H and O–H groups in total. The van der Waals surface area contributed by atoms with Crippen molar-refractivity contribution in [1.29, 1.82) is 0 Å². The first-order valence-electron chi connectivity index (χ1n) is 5.74. The van der Waals surface area contributed by atoms with Crippen molar-refractivity contribution >= 4 is 17.0 Å². The zero-order chi connectivity index (χ0) is 11.7. The highest BCUT2D eigenvalue weighted by atomic mass is 16.5. The third-order valence-electron chi connectivity index (χ3n) is 3.12. The highest BCUT2D eigenvalue weighted by Crippen LogP contribution is 2.25. The molecule has 17 heavy (non-hydrogen) atoms. The van der Waals surface area contributed by atoms with Crippen molar-refractivity contribution in [2.75, 3.05) is 12.4 Å². The van der Waals surface area contributed by atoms with Gasteiger partial charge in [-0.2, -0.15) is 0 Å². The van der Waals surface area contributed by atoms with Crippen molar-refractivity contribution < 1.29 is 4.74 Å². The average molecular weight is 230 g/mol. The maximum Gasteiger partial charge on any atom is 0.243 e. The smallest absolute Gasteiger partial charge is 0.243 e. The third kappa shape index (κ3) is 2.06. The number of nitrogens with one attached hydrogen (secondary N) is 1. The number of nitrogens with zero attached hydrogens (tertiary/aromatic N) is 3. The van der Waals surface area contributed by atoms with Gasteiger partial charge in [0.15, 0.2) is 0 Å². The minimum Gasteiger partial charge on any atom is -0.381 e. The van der Waals surface area contributed by atoms with E-state index in [1.807, 2.05) is 24.3 Å². The van der Waals surface area contributed by atoms with Gasteiger partial charge in [0.25, 0.3) is 0 Å². The van der Waals surface area contributed by atoms with Gasteiger partial charge in [-0.25, -0.2) is 4.98 Å². The lowest BCUT2D eigenvalue weighted by molar-refractivity contribution is 0.0327. The first-order valence-corrected chi connectivity index (χ1v) is 5.74. The summed E-state index contributed by atoms with van der Waals surface area (Å²) in [5, 5.41) is 11.5. The lowest BCUT2D eigenvalue weighted by Gasteiger charge is -2.34. The number of benzene rings is 1. The van der Waals surface area contributed by atoms with E-state index in [1.165, 1.54) is 0 Å². The van der Waals surface area contributed by atoms with Crippen LogP contribution in [0.3, 0.4) is 0 Å².